The summed E-state index contributed by atoms with van der Waals surface area (Å²) in [7, 11) is 1.35. The highest BCUT2D eigenvalue weighted by Gasteiger charge is 2.37. The quantitative estimate of drug-likeness (QED) is 0.345. The predicted octanol–water partition coefficient (Wildman–Crippen LogP) is 4.16. The number of pyridine rings is 1. The lowest BCUT2D eigenvalue weighted by Gasteiger charge is -2.30. The molecular formula is C26H25N3O5S. The molecule has 0 spiro atoms. The fourth-order valence-corrected chi connectivity index (χ4v) is 5.20. The second-order valence-corrected chi connectivity index (χ2v) is 9.46. The molecule has 35 heavy (non-hydrogen) atoms. The van der Waals surface area contributed by atoms with E-state index in [1.807, 2.05) is 12.2 Å². The van der Waals surface area contributed by atoms with Crippen molar-refractivity contribution in [3.05, 3.63) is 65.3 Å². The van der Waals surface area contributed by atoms with E-state index in [0.717, 1.165) is 42.9 Å². The molecule has 0 radical (unpaired) electrons. The zero-order valence-corrected chi connectivity index (χ0v) is 20.1. The first-order valence-electron chi connectivity index (χ1n) is 11.4. The van der Waals surface area contributed by atoms with Crippen molar-refractivity contribution in [1.82, 2.24) is 9.88 Å². The minimum absolute atomic E-state index is 0.0355. The van der Waals surface area contributed by atoms with Gasteiger partial charge in [-0.1, -0.05) is 0 Å². The van der Waals surface area contributed by atoms with E-state index in [1.165, 1.54) is 18.4 Å². The van der Waals surface area contributed by atoms with Crippen LogP contribution in [-0.2, 0) is 9.47 Å². The number of morpholine rings is 1. The van der Waals surface area contributed by atoms with Crippen LogP contribution in [-0.4, -0.2) is 73.3 Å². The molecule has 4 heterocycles. The Morgan fingerprint density at radius 3 is 2.69 bits per heavy atom. The molecule has 0 amide bonds. The SMILES string of the molecule is COC(=O)c1cc2c(Oc3ccc(C(=O)C4(CCN5CCOCC5)C=CC=N4)cc3)cncc2s1. The van der Waals surface area contributed by atoms with E-state index >= 15 is 0 Å². The molecule has 1 unspecified atom stereocenters. The van der Waals surface area contributed by atoms with Crippen LogP contribution in [0.2, 0.25) is 0 Å². The van der Waals surface area contributed by atoms with Crippen molar-refractivity contribution in [1.29, 1.82) is 0 Å². The molecule has 9 heteroatoms. The van der Waals surface area contributed by atoms with Crippen molar-refractivity contribution in [2.24, 2.45) is 4.99 Å². The molecule has 1 fully saturated rings. The van der Waals surface area contributed by atoms with E-state index in [0.29, 0.717) is 28.4 Å². The highest BCUT2D eigenvalue weighted by atomic mass is 32.1. The van der Waals surface area contributed by atoms with Crippen LogP contribution in [0.25, 0.3) is 10.1 Å². The Morgan fingerprint density at radius 2 is 1.97 bits per heavy atom. The smallest absolute Gasteiger partial charge is 0.348 e. The number of Topliss-reactive ketones (excluding diaryl/α,β-unsaturated/α-hetero) is 1. The molecule has 2 aliphatic rings. The number of ketones is 1. The normalized spacial score (nSPS) is 19.8. The van der Waals surface area contributed by atoms with Gasteiger partial charge in [0.15, 0.2) is 11.5 Å². The standard InChI is InChI=1S/C26H25N3O5S/c1-32-25(31)22-15-20-21(16-27-17-23(20)35-22)34-19-5-3-18(4-6-19)24(30)26(7-2-9-28-26)8-10-29-11-13-33-14-12-29/h2-7,9,15-17H,8,10-14H2,1H3. The molecule has 8 nitrogen and oxygen atoms in total. The van der Waals surface area contributed by atoms with E-state index in [4.69, 9.17) is 14.2 Å². The molecule has 0 saturated carbocycles. The van der Waals surface area contributed by atoms with Crippen molar-refractivity contribution in [2.75, 3.05) is 40.0 Å². The summed E-state index contributed by atoms with van der Waals surface area (Å²) in [6.45, 7) is 3.97. The number of ether oxygens (including phenoxy) is 3. The number of rotatable bonds is 8. The zero-order chi connectivity index (χ0) is 24.3. The number of aromatic nitrogens is 1. The summed E-state index contributed by atoms with van der Waals surface area (Å²) in [5.41, 5.74) is -0.306. The molecule has 2 aromatic heterocycles. The molecule has 0 N–H and O–H groups in total. The number of nitrogens with zero attached hydrogens (tertiary/aromatic N) is 3. The molecule has 3 aromatic rings. The number of allylic oxidation sites excluding steroid dienone is 1. The number of benzene rings is 1. The Bertz CT molecular complexity index is 1280. The fourth-order valence-electron chi connectivity index (χ4n) is 4.24. The van der Waals surface area contributed by atoms with E-state index in [9.17, 15) is 9.59 Å². The van der Waals surface area contributed by atoms with Crippen molar-refractivity contribution in [2.45, 2.75) is 12.0 Å². The lowest BCUT2D eigenvalue weighted by molar-refractivity contribution is 0.0354. The van der Waals surface area contributed by atoms with Crippen LogP contribution in [0.4, 0.5) is 0 Å². The van der Waals surface area contributed by atoms with Gasteiger partial charge in [-0.05, 0) is 48.9 Å². The number of methoxy groups -OCH3 is 1. The van der Waals surface area contributed by atoms with Crippen LogP contribution in [0.1, 0.15) is 26.5 Å². The highest BCUT2D eigenvalue weighted by molar-refractivity contribution is 7.20. The van der Waals surface area contributed by atoms with E-state index in [-0.39, 0.29) is 5.78 Å². The van der Waals surface area contributed by atoms with Crippen molar-refractivity contribution in [3.63, 3.8) is 0 Å². The number of fused-ring (bicyclic) bond motifs is 1. The summed E-state index contributed by atoms with van der Waals surface area (Å²) in [4.78, 5) is 36.9. The van der Waals surface area contributed by atoms with Gasteiger partial charge in [-0.2, -0.15) is 0 Å². The summed E-state index contributed by atoms with van der Waals surface area (Å²) >= 11 is 1.30. The molecular weight excluding hydrogens is 466 g/mol. The van der Waals surface area contributed by atoms with Crippen LogP contribution in [0.15, 0.2) is 59.9 Å². The molecule has 0 aliphatic carbocycles. The Labute approximate surface area is 206 Å². The third kappa shape index (κ3) is 4.88. The Kier molecular flexibility index (Phi) is 6.72. The number of hydrogen-bond acceptors (Lipinski definition) is 9. The maximum absolute atomic E-state index is 13.5. The molecule has 1 saturated heterocycles. The van der Waals surface area contributed by atoms with Crippen LogP contribution in [0.5, 0.6) is 11.5 Å². The number of carbonyl (C=O) groups is 2. The van der Waals surface area contributed by atoms with Crippen LogP contribution in [0.3, 0.4) is 0 Å². The fraction of sp³-hybridized carbons (Fsp3) is 0.308. The lowest BCUT2D eigenvalue weighted by Crippen LogP contribution is -2.42. The zero-order valence-electron chi connectivity index (χ0n) is 19.3. The average molecular weight is 492 g/mol. The van der Waals surface area contributed by atoms with Gasteiger partial charge in [0, 0.05) is 43.0 Å². The molecule has 1 atom stereocenters. The van der Waals surface area contributed by atoms with Crippen molar-refractivity contribution >= 4 is 39.4 Å². The second kappa shape index (κ2) is 10.1. The number of thiophene rings is 1. The summed E-state index contributed by atoms with van der Waals surface area (Å²) < 4.78 is 17.1. The van der Waals surface area contributed by atoms with Crippen molar-refractivity contribution < 1.29 is 23.8 Å². The largest absolute Gasteiger partial charge is 0.465 e. The van der Waals surface area contributed by atoms with E-state index in [1.54, 1.807) is 48.9 Å². The van der Waals surface area contributed by atoms with Gasteiger partial charge in [0.1, 0.15) is 16.2 Å². The van der Waals surface area contributed by atoms with E-state index in [2.05, 4.69) is 14.9 Å². The molecule has 2 aliphatic heterocycles. The first-order chi connectivity index (χ1) is 17.1. The van der Waals surface area contributed by atoms with Gasteiger partial charge in [0.05, 0.1) is 31.2 Å². The Hall–Kier alpha value is -3.40. The van der Waals surface area contributed by atoms with Gasteiger partial charge in [0.2, 0.25) is 0 Å². The number of carbonyl (C=O) groups excluding carboxylic acids is 2. The first kappa shape index (κ1) is 23.3. The summed E-state index contributed by atoms with van der Waals surface area (Å²) in [6.07, 6.45) is 9.34. The van der Waals surface area contributed by atoms with Crippen LogP contribution in [0, 0.1) is 0 Å². The maximum Gasteiger partial charge on any atom is 0.348 e. The van der Waals surface area contributed by atoms with Gasteiger partial charge >= 0.3 is 5.97 Å². The highest BCUT2D eigenvalue weighted by Crippen LogP contribution is 2.35. The average Bonchev–Trinajstić information content (AvgIpc) is 3.56. The Balaban J connectivity index is 1.31. The third-order valence-electron chi connectivity index (χ3n) is 6.21. The van der Waals surface area contributed by atoms with Gasteiger partial charge in [-0.15, -0.1) is 11.3 Å². The predicted molar refractivity (Wildman–Crippen MR) is 134 cm³/mol. The second-order valence-electron chi connectivity index (χ2n) is 8.37. The summed E-state index contributed by atoms with van der Waals surface area (Å²) in [5.74, 6) is 0.658. The van der Waals surface area contributed by atoms with Gasteiger partial charge in [0.25, 0.3) is 0 Å². The number of hydrogen-bond donors (Lipinski definition) is 0. The topological polar surface area (TPSA) is 90.3 Å². The van der Waals surface area contributed by atoms with Crippen molar-refractivity contribution in [3.8, 4) is 11.5 Å². The number of esters is 1. The summed E-state index contributed by atoms with van der Waals surface area (Å²) in [6, 6.07) is 8.78. The molecule has 180 valence electrons. The van der Waals surface area contributed by atoms with Gasteiger partial charge in [-0.25, -0.2) is 4.79 Å². The minimum Gasteiger partial charge on any atom is -0.465 e. The lowest BCUT2D eigenvalue weighted by atomic mass is 9.87. The monoisotopic (exact) mass is 491 g/mol. The molecule has 1 aromatic carbocycles. The number of aliphatic imine (C=N–C) groups is 1. The first-order valence-corrected chi connectivity index (χ1v) is 12.2. The van der Waals surface area contributed by atoms with Crippen LogP contribution < -0.4 is 4.74 Å². The Morgan fingerprint density at radius 1 is 1.17 bits per heavy atom. The third-order valence-corrected chi connectivity index (χ3v) is 7.26. The van der Waals surface area contributed by atoms with Gasteiger partial charge in [-0.3, -0.25) is 19.7 Å². The van der Waals surface area contributed by atoms with Crippen LogP contribution >= 0.6 is 11.3 Å². The van der Waals surface area contributed by atoms with E-state index < -0.39 is 11.5 Å². The molecule has 0 bridgehead atoms. The minimum atomic E-state index is -0.878. The maximum atomic E-state index is 13.5. The van der Waals surface area contributed by atoms with Gasteiger partial charge < -0.3 is 14.2 Å². The molecule has 5 rings (SSSR count). The summed E-state index contributed by atoms with van der Waals surface area (Å²) in [5, 5.41) is 0.776.